The van der Waals surface area contributed by atoms with Gasteiger partial charge in [0, 0.05) is 6.54 Å². The molecule has 0 spiro atoms. The smallest absolute Gasteiger partial charge is 0.407 e. The Labute approximate surface area is 167 Å². The Balaban J connectivity index is 2.75. The van der Waals surface area contributed by atoms with Gasteiger partial charge in [-0.1, -0.05) is 53.9 Å². The van der Waals surface area contributed by atoms with Gasteiger partial charge in [0.05, 0.1) is 12.6 Å². The molecule has 2 atom stereocenters. The van der Waals surface area contributed by atoms with Crippen LogP contribution in [0.3, 0.4) is 0 Å². The van der Waals surface area contributed by atoms with Crippen molar-refractivity contribution in [3.63, 3.8) is 0 Å². The molecule has 3 amide bonds. The summed E-state index contributed by atoms with van der Waals surface area (Å²) in [4.78, 5) is 49.2. The van der Waals surface area contributed by atoms with Crippen LogP contribution < -0.4 is 16.0 Å². The lowest BCUT2D eigenvalue weighted by molar-refractivity contribution is -0.140. The predicted molar refractivity (Wildman–Crippen MR) is 106 cm³/mol. The molecule has 8 heteroatoms. The number of amides is 3. The number of hydrogen-bond acceptors (Lipinski definition) is 5. The quantitative estimate of drug-likeness (QED) is 0.613. The molecule has 160 valence electrons. The van der Waals surface area contributed by atoms with Gasteiger partial charge in [-0.3, -0.25) is 14.4 Å². The Bertz CT molecular complexity index is 569. The zero-order valence-electron chi connectivity index (χ0n) is 17.7. The molecule has 0 aromatic heterocycles. The van der Waals surface area contributed by atoms with Crippen LogP contribution in [0.5, 0.6) is 0 Å². The molecular weight excluding hydrogens is 362 g/mol. The van der Waals surface area contributed by atoms with Crippen LogP contribution in [0, 0.1) is 11.3 Å². The molecule has 0 aliphatic carbocycles. The first-order valence-corrected chi connectivity index (χ1v) is 10.1. The number of ketones is 1. The van der Waals surface area contributed by atoms with E-state index in [2.05, 4.69) is 16.0 Å². The minimum atomic E-state index is -0.890. The lowest BCUT2D eigenvalue weighted by Crippen LogP contribution is -2.55. The van der Waals surface area contributed by atoms with Gasteiger partial charge in [-0.05, 0) is 24.2 Å². The van der Waals surface area contributed by atoms with Crippen LogP contribution in [0.2, 0.25) is 0 Å². The maximum atomic E-state index is 12.7. The molecule has 0 bridgehead atoms. The maximum absolute atomic E-state index is 12.7. The number of nitrogens with one attached hydrogen (secondary N) is 3. The van der Waals surface area contributed by atoms with Gasteiger partial charge in [0.1, 0.15) is 6.04 Å². The van der Waals surface area contributed by atoms with Gasteiger partial charge < -0.3 is 20.7 Å². The van der Waals surface area contributed by atoms with Crippen LogP contribution >= 0.6 is 0 Å². The summed E-state index contributed by atoms with van der Waals surface area (Å²) in [7, 11) is 0. The van der Waals surface area contributed by atoms with Crippen LogP contribution in [-0.4, -0.2) is 48.9 Å². The number of rotatable bonds is 5. The zero-order valence-corrected chi connectivity index (χ0v) is 17.7. The second-order valence-electron chi connectivity index (χ2n) is 8.89. The first-order chi connectivity index (χ1) is 13.0. The largest absolute Gasteiger partial charge is 0.449 e. The number of carbonyl (C=O) groups is 4. The van der Waals surface area contributed by atoms with E-state index in [0.717, 1.165) is 25.7 Å². The number of Topliss-reactive ketones (excluding diaryl/α,β-unsaturated/α-hetero) is 1. The van der Waals surface area contributed by atoms with Gasteiger partial charge in [-0.25, -0.2) is 4.79 Å². The normalized spacial score (nSPS) is 20.1. The molecule has 3 N–H and O–H groups in total. The summed E-state index contributed by atoms with van der Waals surface area (Å²) in [6, 6.07) is -1.75. The molecule has 0 saturated carbocycles. The Morgan fingerprint density at radius 3 is 2.39 bits per heavy atom. The summed E-state index contributed by atoms with van der Waals surface area (Å²) in [6.45, 7) is 10.1. The molecule has 1 fully saturated rings. The SMILES string of the molecule is CC(C)C(NC(=O)OCC(C)(C)C)C(=O)NC1CCCCCCNC(=O)C1=O. The molecule has 0 aromatic rings. The topological polar surface area (TPSA) is 114 Å². The van der Waals surface area contributed by atoms with E-state index >= 15 is 0 Å². The van der Waals surface area contributed by atoms with Gasteiger partial charge in [0.2, 0.25) is 11.7 Å². The fourth-order valence-corrected chi connectivity index (χ4v) is 2.79. The first kappa shape index (κ1) is 23.9. The van der Waals surface area contributed by atoms with Crippen LogP contribution in [0.15, 0.2) is 0 Å². The van der Waals surface area contributed by atoms with Gasteiger partial charge in [-0.15, -0.1) is 0 Å². The fraction of sp³-hybridized carbons (Fsp3) is 0.800. The standard InChI is InChI=1S/C20H35N3O5/c1-13(2)15(23-19(27)28-12-20(3,4)5)17(25)22-14-10-8-6-7-9-11-21-18(26)16(14)24/h13-15H,6-12H2,1-5H3,(H,21,26)(H,22,25)(H,23,27). The Hall–Kier alpha value is -2.12. The Morgan fingerprint density at radius 2 is 1.79 bits per heavy atom. The van der Waals surface area contributed by atoms with Crippen molar-refractivity contribution in [1.82, 2.24) is 16.0 Å². The third-order valence-corrected chi connectivity index (χ3v) is 4.42. The second-order valence-corrected chi connectivity index (χ2v) is 8.89. The molecular formula is C20H35N3O5. The minimum Gasteiger partial charge on any atom is -0.449 e. The van der Waals surface area contributed by atoms with Crippen molar-refractivity contribution in [2.75, 3.05) is 13.2 Å². The van der Waals surface area contributed by atoms with Crippen molar-refractivity contribution in [3.8, 4) is 0 Å². The molecule has 0 radical (unpaired) electrons. The lowest BCUT2D eigenvalue weighted by Gasteiger charge is -2.26. The molecule has 1 aliphatic rings. The molecule has 1 aliphatic heterocycles. The zero-order chi connectivity index (χ0) is 21.3. The third-order valence-electron chi connectivity index (χ3n) is 4.42. The molecule has 1 heterocycles. The van der Waals surface area contributed by atoms with Crippen LogP contribution in [0.25, 0.3) is 0 Å². The highest BCUT2D eigenvalue weighted by Crippen LogP contribution is 2.13. The number of carbonyl (C=O) groups excluding carboxylic acids is 4. The maximum Gasteiger partial charge on any atom is 0.407 e. The number of alkyl carbamates (subject to hydrolysis) is 1. The van der Waals surface area contributed by atoms with E-state index in [-0.39, 0.29) is 17.9 Å². The van der Waals surface area contributed by atoms with Crippen molar-refractivity contribution in [1.29, 1.82) is 0 Å². The predicted octanol–water partition coefficient (Wildman–Crippen LogP) is 1.92. The van der Waals surface area contributed by atoms with E-state index < -0.39 is 35.8 Å². The average molecular weight is 398 g/mol. The molecule has 1 rings (SSSR count). The summed E-state index contributed by atoms with van der Waals surface area (Å²) in [5.41, 5.74) is -0.192. The summed E-state index contributed by atoms with van der Waals surface area (Å²) < 4.78 is 5.17. The molecule has 0 aromatic carbocycles. The van der Waals surface area contributed by atoms with Gasteiger partial charge in [0.15, 0.2) is 0 Å². The summed E-state index contributed by atoms with van der Waals surface area (Å²) in [6.07, 6.45) is 3.20. The monoisotopic (exact) mass is 397 g/mol. The van der Waals surface area contributed by atoms with Gasteiger partial charge >= 0.3 is 6.09 Å². The molecule has 2 unspecified atom stereocenters. The van der Waals surface area contributed by atoms with Crippen LogP contribution in [-0.2, 0) is 19.1 Å². The minimum absolute atomic E-state index is 0.192. The molecule has 1 saturated heterocycles. The fourth-order valence-electron chi connectivity index (χ4n) is 2.79. The Morgan fingerprint density at radius 1 is 1.14 bits per heavy atom. The van der Waals surface area contributed by atoms with E-state index in [9.17, 15) is 19.2 Å². The molecule has 28 heavy (non-hydrogen) atoms. The van der Waals surface area contributed by atoms with Gasteiger partial charge in [0.25, 0.3) is 5.91 Å². The van der Waals surface area contributed by atoms with Crippen molar-refractivity contribution >= 4 is 23.7 Å². The van der Waals surface area contributed by atoms with E-state index in [1.54, 1.807) is 13.8 Å². The summed E-state index contributed by atoms with van der Waals surface area (Å²) in [5, 5.41) is 7.82. The first-order valence-electron chi connectivity index (χ1n) is 10.1. The highest BCUT2D eigenvalue weighted by atomic mass is 16.5. The van der Waals surface area contributed by atoms with E-state index in [1.165, 1.54) is 0 Å². The lowest BCUT2D eigenvalue weighted by atomic mass is 9.98. The van der Waals surface area contributed by atoms with Crippen molar-refractivity contribution in [2.24, 2.45) is 11.3 Å². The van der Waals surface area contributed by atoms with Crippen molar-refractivity contribution in [2.45, 2.75) is 78.8 Å². The number of hydrogen-bond donors (Lipinski definition) is 3. The Kier molecular flexibility index (Phi) is 9.41. The van der Waals surface area contributed by atoms with E-state index in [0.29, 0.717) is 13.0 Å². The number of ether oxygens (including phenoxy) is 1. The highest BCUT2D eigenvalue weighted by molar-refractivity contribution is 6.38. The average Bonchev–Trinajstić information content (AvgIpc) is 2.60. The van der Waals surface area contributed by atoms with E-state index in [1.807, 2.05) is 20.8 Å². The highest BCUT2D eigenvalue weighted by Gasteiger charge is 2.31. The second kappa shape index (κ2) is 11.0. The van der Waals surface area contributed by atoms with Crippen LogP contribution in [0.4, 0.5) is 4.79 Å². The van der Waals surface area contributed by atoms with Crippen molar-refractivity contribution in [3.05, 3.63) is 0 Å². The van der Waals surface area contributed by atoms with E-state index in [4.69, 9.17) is 4.74 Å². The van der Waals surface area contributed by atoms with Crippen molar-refractivity contribution < 1.29 is 23.9 Å². The van der Waals surface area contributed by atoms with Gasteiger partial charge in [-0.2, -0.15) is 0 Å². The van der Waals surface area contributed by atoms with Crippen LogP contribution in [0.1, 0.15) is 66.7 Å². The molecule has 8 nitrogen and oxygen atoms in total. The summed E-state index contributed by atoms with van der Waals surface area (Å²) in [5.74, 6) is -2.03. The third kappa shape index (κ3) is 8.71. The summed E-state index contributed by atoms with van der Waals surface area (Å²) >= 11 is 0.